The van der Waals surface area contributed by atoms with Crippen molar-refractivity contribution >= 4 is 24.1 Å². The summed E-state index contributed by atoms with van der Waals surface area (Å²) in [5, 5.41) is 19.8. The molecule has 2 rings (SSSR count). The van der Waals surface area contributed by atoms with Crippen molar-refractivity contribution in [1.29, 1.82) is 5.41 Å². The van der Waals surface area contributed by atoms with Crippen molar-refractivity contribution in [2.45, 2.75) is 37.9 Å². The largest absolute Gasteiger partial charge is 0.508 e. The number of phenols is 1. The summed E-state index contributed by atoms with van der Waals surface area (Å²) in [5.74, 6) is -0.933. The molecule has 7 N–H and O–H groups in total. The molecule has 0 spiro atoms. The standard InChI is InChI=1S/C24H31N5O6/c1-14(28-22(32)19(25)11-15-4-7-18(31)8-5-15)23(33)29(24(26)27)17(13-30)10-16-6-9-20(34-2)21(12-16)35-3/h4-9,12-14,17,19,31H,10-11,25H2,1-3H3,(H3,26,27)(H,28,32)/t14-,17+,19+/m1/s1. The number of aromatic hydroxyl groups is 1. The van der Waals surface area contributed by atoms with Crippen LogP contribution in [0.1, 0.15) is 18.1 Å². The van der Waals surface area contributed by atoms with Crippen molar-refractivity contribution in [2.24, 2.45) is 11.5 Å². The number of carbonyl (C=O) groups is 3. The Kier molecular flexibility index (Phi) is 9.59. The van der Waals surface area contributed by atoms with Gasteiger partial charge in [-0.15, -0.1) is 0 Å². The first-order chi connectivity index (χ1) is 16.6. The fourth-order valence-electron chi connectivity index (χ4n) is 3.48. The molecule has 0 saturated carbocycles. The van der Waals surface area contributed by atoms with Crippen LogP contribution in [0.15, 0.2) is 42.5 Å². The minimum Gasteiger partial charge on any atom is -0.508 e. The molecule has 0 unspecified atom stereocenters. The van der Waals surface area contributed by atoms with Crippen molar-refractivity contribution in [3.8, 4) is 17.2 Å². The first-order valence-electron chi connectivity index (χ1n) is 10.8. The van der Waals surface area contributed by atoms with E-state index in [-0.39, 0.29) is 18.6 Å². The Morgan fingerprint density at radius 3 is 2.23 bits per heavy atom. The number of rotatable bonds is 11. The molecule has 3 atom stereocenters. The Morgan fingerprint density at radius 1 is 1.09 bits per heavy atom. The number of ether oxygens (including phenoxy) is 2. The van der Waals surface area contributed by atoms with Crippen LogP contribution in [0.5, 0.6) is 17.2 Å². The van der Waals surface area contributed by atoms with Crippen LogP contribution < -0.4 is 26.3 Å². The summed E-state index contributed by atoms with van der Waals surface area (Å²) in [6.45, 7) is 1.42. The van der Waals surface area contributed by atoms with Gasteiger partial charge in [-0.3, -0.25) is 19.9 Å². The van der Waals surface area contributed by atoms with Gasteiger partial charge in [0.1, 0.15) is 18.1 Å². The van der Waals surface area contributed by atoms with Gasteiger partial charge in [0.05, 0.1) is 26.3 Å². The highest BCUT2D eigenvalue weighted by molar-refractivity contribution is 6.01. The lowest BCUT2D eigenvalue weighted by atomic mass is 10.0. The third kappa shape index (κ3) is 7.18. The molecule has 0 aliphatic heterocycles. The molecular formula is C24H31N5O6. The Bertz CT molecular complexity index is 1060. The second-order valence-electron chi connectivity index (χ2n) is 7.90. The van der Waals surface area contributed by atoms with E-state index in [0.717, 1.165) is 10.5 Å². The molecule has 188 valence electrons. The molecule has 0 saturated heterocycles. The van der Waals surface area contributed by atoms with Gasteiger partial charge in [-0.2, -0.15) is 0 Å². The number of nitrogens with zero attached hydrogens (tertiary/aromatic N) is 1. The van der Waals surface area contributed by atoms with Gasteiger partial charge in [0.2, 0.25) is 5.91 Å². The molecule has 35 heavy (non-hydrogen) atoms. The average molecular weight is 486 g/mol. The summed E-state index contributed by atoms with van der Waals surface area (Å²) in [7, 11) is 2.97. The predicted molar refractivity (Wildman–Crippen MR) is 129 cm³/mol. The maximum absolute atomic E-state index is 13.1. The fraction of sp³-hybridized carbons (Fsp3) is 0.333. The van der Waals surface area contributed by atoms with Crippen LogP contribution in [-0.2, 0) is 27.2 Å². The molecule has 2 aromatic rings. The number of hydrogen-bond acceptors (Lipinski definition) is 8. The molecule has 0 aliphatic carbocycles. The number of methoxy groups -OCH3 is 2. The molecular weight excluding hydrogens is 454 g/mol. The number of nitrogens with one attached hydrogen (secondary N) is 2. The number of benzene rings is 2. The van der Waals surface area contributed by atoms with Crippen LogP contribution >= 0.6 is 0 Å². The number of guanidine groups is 1. The highest BCUT2D eigenvalue weighted by Gasteiger charge is 2.31. The lowest BCUT2D eigenvalue weighted by Gasteiger charge is -2.29. The van der Waals surface area contributed by atoms with Gasteiger partial charge in [0.15, 0.2) is 17.5 Å². The van der Waals surface area contributed by atoms with Crippen molar-refractivity contribution in [2.75, 3.05) is 14.2 Å². The topological polar surface area (TPSA) is 181 Å². The summed E-state index contributed by atoms with van der Waals surface area (Å²) in [6, 6.07) is 8.09. The molecule has 0 fully saturated rings. The molecule has 0 bridgehead atoms. The van der Waals surface area contributed by atoms with Gasteiger partial charge >= 0.3 is 0 Å². The van der Waals surface area contributed by atoms with Crippen LogP contribution in [0.3, 0.4) is 0 Å². The maximum Gasteiger partial charge on any atom is 0.252 e. The number of nitrogens with two attached hydrogens (primary N) is 2. The lowest BCUT2D eigenvalue weighted by Crippen LogP contribution is -2.57. The van der Waals surface area contributed by atoms with E-state index in [1.165, 1.54) is 33.3 Å². The number of aldehydes is 1. The SMILES string of the molecule is COc1ccc(C[C@@H](C=O)N(C(=N)N)C(=O)[C@@H](C)NC(=O)[C@@H](N)Cc2ccc(O)cc2)cc1OC. The molecule has 0 aliphatic rings. The van der Waals surface area contributed by atoms with Crippen LogP contribution in [0.25, 0.3) is 0 Å². The van der Waals surface area contributed by atoms with E-state index in [2.05, 4.69) is 5.32 Å². The van der Waals surface area contributed by atoms with E-state index < -0.39 is 35.9 Å². The van der Waals surface area contributed by atoms with Crippen molar-refractivity contribution < 1.29 is 29.0 Å². The minimum atomic E-state index is -1.11. The Hall–Kier alpha value is -4.12. The van der Waals surface area contributed by atoms with E-state index in [1.807, 2.05) is 0 Å². The third-order valence-corrected chi connectivity index (χ3v) is 5.34. The monoisotopic (exact) mass is 485 g/mol. The quantitative estimate of drug-likeness (QED) is 0.171. The summed E-state index contributed by atoms with van der Waals surface area (Å²) in [5.41, 5.74) is 13.0. The van der Waals surface area contributed by atoms with E-state index in [9.17, 15) is 19.5 Å². The van der Waals surface area contributed by atoms with Gasteiger partial charge in [0.25, 0.3) is 5.91 Å². The van der Waals surface area contributed by atoms with Crippen molar-refractivity contribution in [1.82, 2.24) is 10.2 Å². The Morgan fingerprint density at radius 2 is 1.69 bits per heavy atom. The molecule has 11 nitrogen and oxygen atoms in total. The zero-order valence-electron chi connectivity index (χ0n) is 19.9. The van der Waals surface area contributed by atoms with E-state index in [1.54, 1.807) is 30.3 Å². The van der Waals surface area contributed by atoms with E-state index >= 15 is 0 Å². The summed E-state index contributed by atoms with van der Waals surface area (Å²) < 4.78 is 10.5. The Labute approximate surface area is 203 Å². The van der Waals surface area contributed by atoms with Crippen molar-refractivity contribution in [3.05, 3.63) is 53.6 Å². The summed E-state index contributed by atoms with van der Waals surface area (Å²) in [6.07, 6.45) is 0.747. The average Bonchev–Trinajstić information content (AvgIpc) is 2.84. The highest BCUT2D eigenvalue weighted by atomic mass is 16.5. The zero-order chi connectivity index (χ0) is 26.1. The second kappa shape index (κ2) is 12.4. The van der Waals surface area contributed by atoms with Crippen LogP contribution in [0.4, 0.5) is 0 Å². The van der Waals surface area contributed by atoms with Gasteiger partial charge in [-0.05, 0) is 48.7 Å². The minimum absolute atomic E-state index is 0.0518. The zero-order valence-corrected chi connectivity index (χ0v) is 19.9. The van der Waals surface area contributed by atoms with E-state index in [4.69, 9.17) is 26.4 Å². The van der Waals surface area contributed by atoms with Crippen molar-refractivity contribution in [3.63, 3.8) is 0 Å². The summed E-state index contributed by atoms with van der Waals surface area (Å²) in [4.78, 5) is 38.3. The molecule has 2 amide bonds. The van der Waals surface area contributed by atoms with Crippen LogP contribution in [-0.4, -0.2) is 66.4 Å². The van der Waals surface area contributed by atoms with Gasteiger partial charge in [0, 0.05) is 6.42 Å². The normalized spacial score (nSPS) is 13.1. The van der Waals surface area contributed by atoms with Crippen LogP contribution in [0, 0.1) is 5.41 Å². The first-order valence-corrected chi connectivity index (χ1v) is 10.8. The molecule has 0 heterocycles. The molecule has 2 aromatic carbocycles. The molecule has 0 aromatic heterocycles. The number of amides is 2. The maximum atomic E-state index is 13.1. The predicted octanol–water partition coefficient (Wildman–Crippen LogP) is 0.316. The smallest absolute Gasteiger partial charge is 0.252 e. The van der Waals surface area contributed by atoms with Gasteiger partial charge in [-0.25, -0.2) is 0 Å². The first kappa shape index (κ1) is 27.1. The van der Waals surface area contributed by atoms with E-state index in [0.29, 0.717) is 23.3 Å². The second-order valence-corrected chi connectivity index (χ2v) is 7.90. The molecule has 11 heteroatoms. The fourth-order valence-corrected chi connectivity index (χ4v) is 3.48. The number of hydrogen-bond donors (Lipinski definition) is 5. The Balaban J connectivity index is 2.11. The van der Waals surface area contributed by atoms with Gasteiger partial charge < -0.3 is 36.2 Å². The number of carbonyl (C=O) groups excluding carboxylic acids is 3. The lowest BCUT2D eigenvalue weighted by molar-refractivity contribution is -0.136. The van der Waals surface area contributed by atoms with Gasteiger partial charge in [-0.1, -0.05) is 18.2 Å². The highest BCUT2D eigenvalue weighted by Crippen LogP contribution is 2.28. The van der Waals surface area contributed by atoms with Crippen LogP contribution in [0.2, 0.25) is 0 Å². The number of phenolic OH excluding ortho intramolecular Hbond substituents is 1. The third-order valence-electron chi connectivity index (χ3n) is 5.34. The summed E-state index contributed by atoms with van der Waals surface area (Å²) >= 11 is 0. The molecule has 0 radical (unpaired) electrons.